The van der Waals surface area contributed by atoms with Gasteiger partial charge in [-0.2, -0.15) is 0 Å². The zero-order chi connectivity index (χ0) is 29.3. The van der Waals surface area contributed by atoms with Crippen molar-refractivity contribution in [1.82, 2.24) is 10.2 Å². The number of nitrogens with zero attached hydrogens (tertiary/aromatic N) is 2. The number of aryl methyl sites for hydroxylation is 2. The Balaban J connectivity index is 2.04. The van der Waals surface area contributed by atoms with Gasteiger partial charge in [-0.1, -0.05) is 61.4 Å². The minimum atomic E-state index is -4.14. The highest BCUT2D eigenvalue weighted by Gasteiger charge is 2.33. The third-order valence-corrected chi connectivity index (χ3v) is 8.45. The smallest absolute Gasteiger partial charge is 0.264 e. The van der Waals surface area contributed by atoms with Gasteiger partial charge in [0.05, 0.1) is 17.7 Å². The second-order valence-electron chi connectivity index (χ2n) is 9.75. The first-order valence-electron chi connectivity index (χ1n) is 13.5. The van der Waals surface area contributed by atoms with E-state index in [0.717, 1.165) is 27.4 Å². The summed E-state index contributed by atoms with van der Waals surface area (Å²) in [6.45, 7) is 7.87. The number of hydrogen-bond donors (Lipinski definition) is 1. The lowest BCUT2D eigenvalue weighted by atomic mass is 10.1. The summed E-state index contributed by atoms with van der Waals surface area (Å²) in [5.41, 5.74) is 3.23. The Morgan fingerprint density at radius 3 is 1.98 bits per heavy atom. The summed E-state index contributed by atoms with van der Waals surface area (Å²) < 4.78 is 34.1. The van der Waals surface area contributed by atoms with Crippen LogP contribution in [0.3, 0.4) is 0 Å². The first-order chi connectivity index (χ1) is 19.1. The average molecular weight is 566 g/mol. The van der Waals surface area contributed by atoms with E-state index >= 15 is 0 Å². The minimum Gasteiger partial charge on any atom is -0.497 e. The monoisotopic (exact) mass is 565 g/mol. The molecule has 3 rings (SSSR count). The predicted molar refractivity (Wildman–Crippen MR) is 158 cm³/mol. The Morgan fingerprint density at radius 1 is 0.875 bits per heavy atom. The van der Waals surface area contributed by atoms with Crippen LogP contribution in [0.4, 0.5) is 5.69 Å². The van der Waals surface area contributed by atoms with Crippen molar-refractivity contribution in [2.45, 2.75) is 58.0 Å². The molecule has 3 aromatic carbocycles. The molecule has 40 heavy (non-hydrogen) atoms. The molecule has 1 unspecified atom stereocenters. The number of carbonyl (C=O) groups is 2. The van der Waals surface area contributed by atoms with E-state index in [1.807, 2.05) is 52.0 Å². The van der Waals surface area contributed by atoms with Crippen molar-refractivity contribution in [3.05, 3.63) is 89.5 Å². The molecule has 0 aliphatic rings. The Kier molecular flexibility index (Phi) is 10.7. The van der Waals surface area contributed by atoms with E-state index in [1.165, 1.54) is 24.1 Å². The topological polar surface area (TPSA) is 96.0 Å². The zero-order valence-corrected chi connectivity index (χ0v) is 24.7. The predicted octanol–water partition coefficient (Wildman–Crippen LogP) is 4.84. The Hall–Kier alpha value is -3.85. The second-order valence-corrected chi connectivity index (χ2v) is 11.6. The molecule has 0 spiro atoms. The van der Waals surface area contributed by atoms with E-state index in [2.05, 4.69) is 5.32 Å². The van der Waals surface area contributed by atoms with Crippen LogP contribution in [0.15, 0.2) is 77.7 Å². The zero-order valence-electron chi connectivity index (χ0n) is 23.9. The van der Waals surface area contributed by atoms with Crippen LogP contribution in [0, 0.1) is 13.8 Å². The Morgan fingerprint density at radius 2 is 1.45 bits per heavy atom. The summed E-state index contributed by atoms with van der Waals surface area (Å²) in [5, 5.41) is 2.90. The third kappa shape index (κ3) is 7.63. The number of nitrogens with one attached hydrogen (secondary N) is 1. The molecule has 0 saturated carbocycles. The summed E-state index contributed by atoms with van der Waals surface area (Å²) in [4.78, 5) is 28.7. The molecule has 3 aromatic rings. The van der Waals surface area contributed by atoms with Gasteiger partial charge in [-0.15, -0.1) is 0 Å². The van der Waals surface area contributed by atoms with Crippen LogP contribution < -0.4 is 14.4 Å². The van der Waals surface area contributed by atoms with Gasteiger partial charge in [0, 0.05) is 13.1 Å². The highest BCUT2D eigenvalue weighted by Crippen LogP contribution is 2.26. The van der Waals surface area contributed by atoms with Crippen molar-refractivity contribution < 1.29 is 22.7 Å². The maximum Gasteiger partial charge on any atom is 0.264 e. The maximum atomic E-state index is 14.0. The van der Waals surface area contributed by atoms with Crippen LogP contribution in [0.25, 0.3) is 0 Å². The Labute approximate surface area is 238 Å². The summed E-state index contributed by atoms with van der Waals surface area (Å²) in [7, 11) is -2.63. The molecule has 214 valence electrons. The molecule has 0 aromatic heterocycles. The van der Waals surface area contributed by atoms with Gasteiger partial charge < -0.3 is 15.0 Å². The van der Waals surface area contributed by atoms with Crippen LogP contribution in [0.5, 0.6) is 5.75 Å². The largest absolute Gasteiger partial charge is 0.497 e. The summed E-state index contributed by atoms with van der Waals surface area (Å²) >= 11 is 0. The normalized spacial score (nSPS) is 11.9. The molecule has 0 radical (unpaired) electrons. The molecule has 8 nitrogen and oxygen atoms in total. The van der Waals surface area contributed by atoms with E-state index < -0.39 is 28.5 Å². The fourth-order valence-corrected chi connectivity index (χ4v) is 5.70. The van der Waals surface area contributed by atoms with Crippen LogP contribution in [-0.2, 0) is 26.2 Å². The lowest BCUT2D eigenvalue weighted by molar-refractivity contribution is -0.140. The highest BCUT2D eigenvalue weighted by atomic mass is 32.2. The number of ether oxygens (including phenoxy) is 1. The van der Waals surface area contributed by atoms with Crippen molar-refractivity contribution in [2.75, 3.05) is 24.5 Å². The number of amides is 2. The Bertz CT molecular complexity index is 1370. The van der Waals surface area contributed by atoms with E-state index in [0.29, 0.717) is 24.4 Å². The second kappa shape index (κ2) is 14.0. The molecule has 0 saturated heterocycles. The molecule has 9 heteroatoms. The SMILES string of the molecule is CCCNC(=O)C(CC)N(Cc1ccc(C)cc1)C(=O)CN(c1ccc(C)cc1)S(=O)(=O)c1ccc(OC)cc1. The van der Waals surface area contributed by atoms with Gasteiger partial charge >= 0.3 is 0 Å². The highest BCUT2D eigenvalue weighted by molar-refractivity contribution is 7.92. The van der Waals surface area contributed by atoms with Crippen LogP contribution in [-0.4, -0.2) is 51.4 Å². The molecule has 1 atom stereocenters. The molecule has 2 amide bonds. The van der Waals surface area contributed by atoms with Gasteiger partial charge in [-0.3, -0.25) is 13.9 Å². The van der Waals surface area contributed by atoms with E-state index in [1.54, 1.807) is 36.4 Å². The summed E-state index contributed by atoms with van der Waals surface area (Å²) in [5.74, 6) is -0.216. The average Bonchev–Trinajstić information content (AvgIpc) is 2.96. The number of anilines is 1. The number of rotatable bonds is 13. The van der Waals surface area contributed by atoms with E-state index in [-0.39, 0.29) is 17.3 Å². The van der Waals surface area contributed by atoms with E-state index in [4.69, 9.17) is 4.74 Å². The molecular weight excluding hydrogens is 526 g/mol. The maximum absolute atomic E-state index is 14.0. The molecule has 0 bridgehead atoms. The summed E-state index contributed by atoms with van der Waals surface area (Å²) in [6.07, 6.45) is 1.14. The minimum absolute atomic E-state index is 0.0273. The van der Waals surface area contributed by atoms with E-state index in [9.17, 15) is 18.0 Å². The van der Waals surface area contributed by atoms with Crippen molar-refractivity contribution >= 4 is 27.5 Å². The van der Waals surface area contributed by atoms with Gasteiger partial charge in [0.2, 0.25) is 11.8 Å². The lowest BCUT2D eigenvalue weighted by Gasteiger charge is -2.33. The van der Waals surface area contributed by atoms with Crippen molar-refractivity contribution in [3.8, 4) is 5.75 Å². The van der Waals surface area contributed by atoms with Crippen LogP contribution in [0.1, 0.15) is 43.4 Å². The van der Waals surface area contributed by atoms with Crippen molar-refractivity contribution in [1.29, 1.82) is 0 Å². The van der Waals surface area contributed by atoms with Gasteiger partial charge in [0.25, 0.3) is 10.0 Å². The number of benzene rings is 3. The quantitative estimate of drug-likeness (QED) is 0.320. The van der Waals surface area contributed by atoms with Crippen molar-refractivity contribution in [2.24, 2.45) is 0 Å². The molecule has 0 aliphatic carbocycles. The third-order valence-electron chi connectivity index (χ3n) is 6.66. The van der Waals surface area contributed by atoms with Gasteiger partial charge in [-0.05, 0) is 68.7 Å². The number of hydrogen-bond acceptors (Lipinski definition) is 5. The first-order valence-corrected chi connectivity index (χ1v) is 14.9. The van der Waals surface area contributed by atoms with Crippen LogP contribution in [0.2, 0.25) is 0 Å². The first kappa shape index (κ1) is 30.7. The molecule has 0 aliphatic heterocycles. The standard InChI is InChI=1S/C31H39N3O5S/c1-6-20-32-31(36)29(7-2)33(21-25-12-8-23(3)9-13-25)30(35)22-34(26-14-10-24(4)11-15-26)40(37,38)28-18-16-27(39-5)17-19-28/h8-19,29H,6-7,20-22H2,1-5H3,(H,32,36). The molecular formula is C31H39N3O5S. The number of sulfonamides is 1. The van der Waals surface area contributed by atoms with Gasteiger partial charge in [-0.25, -0.2) is 8.42 Å². The summed E-state index contributed by atoms with van der Waals surface area (Å²) in [6, 6.07) is 20.0. The fourth-order valence-electron chi connectivity index (χ4n) is 4.29. The number of carbonyl (C=O) groups excluding carboxylic acids is 2. The molecule has 0 fully saturated rings. The number of methoxy groups -OCH3 is 1. The molecule has 1 N–H and O–H groups in total. The fraction of sp³-hybridized carbons (Fsp3) is 0.355. The van der Waals surface area contributed by atoms with Gasteiger partial charge in [0.1, 0.15) is 18.3 Å². The lowest BCUT2D eigenvalue weighted by Crippen LogP contribution is -2.52. The molecule has 0 heterocycles. The van der Waals surface area contributed by atoms with Crippen LogP contribution >= 0.6 is 0 Å². The van der Waals surface area contributed by atoms with Crippen molar-refractivity contribution in [3.63, 3.8) is 0 Å². The van der Waals surface area contributed by atoms with Gasteiger partial charge in [0.15, 0.2) is 0 Å².